The molecule has 0 amide bonds. The summed E-state index contributed by atoms with van der Waals surface area (Å²) < 4.78 is 0. The van der Waals surface area contributed by atoms with Crippen LogP contribution in [0.25, 0.3) is 11.3 Å². The molecule has 0 saturated carbocycles. The van der Waals surface area contributed by atoms with Crippen LogP contribution < -0.4 is 11.3 Å². The summed E-state index contributed by atoms with van der Waals surface area (Å²) in [5.41, 5.74) is 4.70. The zero-order valence-corrected chi connectivity index (χ0v) is 8.58. The average molecular weight is 216 g/mol. The monoisotopic (exact) mass is 216 g/mol. The third-order valence-electron chi connectivity index (χ3n) is 1.97. The number of thiophene rings is 1. The van der Waals surface area contributed by atoms with E-state index in [0.717, 1.165) is 11.3 Å². The quantitative estimate of drug-likeness (QED) is 0.594. The number of hydrogen-bond acceptors (Lipinski definition) is 5. The number of pyridine rings is 1. The molecule has 0 bridgehead atoms. The Morgan fingerprint density at radius 3 is 2.87 bits per heavy atom. The summed E-state index contributed by atoms with van der Waals surface area (Å²) >= 11 is 1.60. The van der Waals surface area contributed by atoms with Gasteiger partial charge in [0.05, 0.1) is 11.3 Å². The fourth-order valence-electron chi connectivity index (χ4n) is 1.23. The number of anilines is 1. The molecule has 2 aromatic heterocycles. The fourth-order valence-corrected chi connectivity index (χ4v) is 1.88. The van der Waals surface area contributed by atoms with E-state index in [9.17, 15) is 0 Å². The predicted octanol–water partition coefficient (Wildman–Crippen LogP) is 1.97. The van der Waals surface area contributed by atoms with E-state index in [1.807, 2.05) is 22.9 Å². The molecule has 15 heavy (non-hydrogen) atoms. The van der Waals surface area contributed by atoms with Gasteiger partial charge in [0.25, 0.3) is 0 Å². The molecule has 0 aliphatic heterocycles. The second-order valence-corrected chi connectivity index (χ2v) is 3.64. The van der Waals surface area contributed by atoms with Gasteiger partial charge in [0.1, 0.15) is 6.07 Å². The summed E-state index contributed by atoms with van der Waals surface area (Å²) in [6.45, 7) is 0. The van der Waals surface area contributed by atoms with Crippen LogP contribution in [-0.2, 0) is 0 Å². The van der Waals surface area contributed by atoms with Gasteiger partial charge < -0.3 is 5.43 Å². The smallest absolute Gasteiger partial charge is 0.158 e. The van der Waals surface area contributed by atoms with Crippen LogP contribution in [0.15, 0.2) is 29.0 Å². The molecule has 0 unspecified atom stereocenters. The maximum Gasteiger partial charge on any atom is 0.158 e. The highest BCUT2D eigenvalue weighted by Gasteiger charge is 2.05. The average Bonchev–Trinajstić information content (AvgIpc) is 2.81. The molecule has 0 radical (unpaired) electrons. The lowest BCUT2D eigenvalue weighted by Gasteiger charge is -2.03. The highest BCUT2D eigenvalue weighted by atomic mass is 32.1. The summed E-state index contributed by atoms with van der Waals surface area (Å²) in [6.07, 6.45) is 0. The second-order valence-electron chi connectivity index (χ2n) is 2.86. The van der Waals surface area contributed by atoms with Gasteiger partial charge in [-0.2, -0.15) is 16.6 Å². The zero-order chi connectivity index (χ0) is 10.7. The number of nitrogens with one attached hydrogen (secondary N) is 1. The molecule has 0 spiro atoms. The van der Waals surface area contributed by atoms with Crippen LogP contribution in [0, 0.1) is 11.3 Å². The van der Waals surface area contributed by atoms with Crippen molar-refractivity contribution in [2.75, 3.05) is 5.43 Å². The number of nitriles is 1. The van der Waals surface area contributed by atoms with Crippen LogP contribution >= 0.6 is 11.3 Å². The molecule has 0 fully saturated rings. The number of hydrogen-bond donors (Lipinski definition) is 2. The van der Waals surface area contributed by atoms with Gasteiger partial charge in [0.2, 0.25) is 0 Å². The number of nitrogen functional groups attached to an aromatic ring is 1. The number of rotatable bonds is 2. The van der Waals surface area contributed by atoms with Gasteiger partial charge in [-0.15, -0.1) is 0 Å². The minimum Gasteiger partial charge on any atom is -0.307 e. The Morgan fingerprint density at radius 2 is 2.27 bits per heavy atom. The Kier molecular flexibility index (Phi) is 2.63. The number of aromatic nitrogens is 1. The fraction of sp³-hybridized carbons (Fsp3) is 0. The highest BCUT2D eigenvalue weighted by Crippen LogP contribution is 2.22. The molecule has 2 heterocycles. The van der Waals surface area contributed by atoms with E-state index in [4.69, 9.17) is 11.1 Å². The minimum absolute atomic E-state index is 0.404. The Balaban J connectivity index is 2.49. The lowest BCUT2D eigenvalue weighted by Crippen LogP contribution is -2.10. The Labute approximate surface area is 91.0 Å². The molecule has 0 saturated heterocycles. The van der Waals surface area contributed by atoms with E-state index in [1.165, 1.54) is 0 Å². The van der Waals surface area contributed by atoms with Gasteiger partial charge >= 0.3 is 0 Å². The van der Waals surface area contributed by atoms with Crippen molar-refractivity contribution in [3.63, 3.8) is 0 Å². The number of nitrogens with zero attached hydrogens (tertiary/aromatic N) is 2. The van der Waals surface area contributed by atoms with Gasteiger partial charge in [0.15, 0.2) is 5.82 Å². The van der Waals surface area contributed by atoms with Gasteiger partial charge in [-0.1, -0.05) is 0 Å². The van der Waals surface area contributed by atoms with E-state index in [0.29, 0.717) is 11.4 Å². The number of hydrazine groups is 1. The summed E-state index contributed by atoms with van der Waals surface area (Å²) in [5.74, 6) is 5.69. The van der Waals surface area contributed by atoms with Crippen LogP contribution in [0.4, 0.5) is 5.82 Å². The summed E-state index contributed by atoms with van der Waals surface area (Å²) in [5, 5.41) is 12.8. The van der Waals surface area contributed by atoms with E-state index < -0.39 is 0 Å². The van der Waals surface area contributed by atoms with E-state index in [-0.39, 0.29) is 0 Å². The molecular formula is C10H8N4S. The van der Waals surface area contributed by atoms with Gasteiger partial charge in [-0.05, 0) is 23.6 Å². The molecule has 3 N–H and O–H groups in total. The molecule has 5 heteroatoms. The van der Waals surface area contributed by atoms with Crippen molar-refractivity contribution in [2.45, 2.75) is 0 Å². The predicted molar refractivity (Wildman–Crippen MR) is 60.1 cm³/mol. The summed E-state index contributed by atoms with van der Waals surface area (Å²) in [6, 6.07) is 7.50. The third-order valence-corrected chi connectivity index (χ3v) is 2.65. The third kappa shape index (κ3) is 1.81. The van der Waals surface area contributed by atoms with Gasteiger partial charge in [-0.3, -0.25) is 0 Å². The molecule has 0 atom stereocenters. The molecule has 2 aromatic rings. The summed E-state index contributed by atoms with van der Waals surface area (Å²) in [4.78, 5) is 4.25. The minimum atomic E-state index is 0.404. The van der Waals surface area contributed by atoms with Crippen molar-refractivity contribution in [3.8, 4) is 17.3 Å². The molecule has 2 rings (SSSR count). The van der Waals surface area contributed by atoms with Crippen molar-refractivity contribution < 1.29 is 0 Å². The Hall–Kier alpha value is -1.90. The molecule has 4 nitrogen and oxygen atoms in total. The Morgan fingerprint density at radius 1 is 1.40 bits per heavy atom. The first-order valence-electron chi connectivity index (χ1n) is 4.25. The highest BCUT2D eigenvalue weighted by molar-refractivity contribution is 7.08. The zero-order valence-electron chi connectivity index (χ0n) is 7.77. The number of nitrogens with two attached hydrogens (primary N) is 1. The van der Waals surface area contributed by atoms with E-state index >= 15 is 0 Å². The maximum atomic E-state index is 8.79. The first kappa shape index (κ1) is 9.65. The molecule has 0 aromatic carbocycles. The first-order chi connectivity index (χ1) is 7.35. The first-order valence-corrected chi connectivity index (χ1v) is 5.20. The Bertz CT molecular complexity index is 499. The van der Waals surface area contributed by atoms with Crippen LogP contribution in [0.5, 0.6) is 0 Å². The molecule has 0 aliphatic carbocycles. The van der Waals surface area contributed by atoms with Crippen LogP contribution in [0.2, 0.25) is 0 Å². The van der Waals surface area contributed by atoms with Crippen molar-refractivity contribution in [2.24, 2.45) is 5.84 Å². The molecule has 74 valence electrons. The van der Waals surface area contributed by atoms with Crippen molar-refractivity contribution in [1.29, 1.82) is 5.26 Å². The molecule has 0 aliphatic rings. The van der Waals surface area contributed by atoms with E-state index in [1.54, 1.807) is 23.5 Å². The normalized spacial score (nSPS) is 9.60. The largest absolute Gasteiger partial charge is 0.307 e. The van der Waals surface area contributed by atoms with Crippen molar-refractivity contribution in [1.82, 2.24) is 4.98 Å². The lowest BCUT2D eigenvalue weighted by molar-refractivity contribution is 1.22. The van der Waals surface area contributed by atoms with Gasteiger partial charge in [0, 0.05) is 10.9 Å². The van der Waals surface area contributed by atoms with Crippen LogP contribution in [-0.4, -0.2) is 4.98 Å². The van der Waals surface area contributed by atoms with E-state index in [2.05, 4.69) is 10.4 Å². The molecular weight excluding hydrogens is 208 g/mol. The SMILES string of the molecule is N#Cc1ccc(-c2ccsc2)nc1NN. The second kappa shape index (κ2) is 4.09. The standard InChI is InChI=1S/C10H8N4S/c11-5-7-1-2-9(13-10(7)14-12)8-3-4-15-6-8/h1-4,6H,12H2,(H,13,14). The van der Waals surface area contributed by atoms with Crippen LogP contribution in [0.3, 0.4) is 0 Å². The van der Waals surface area contributed by atoms with Crippen molar-refractivity contribution >= 4 is 17.2 Å². The van der Waals surface area contributed by atoms with Gasteiger partial charge in [-0.25, -0.2) is 10.8 Å². The van der Waals surface area contributed by atoms with Crippen LogP contribution in [0.1, 0.15) is 5.56 Å². The van der Waals surface area contributed by atoms with Crippen molar-refractivity contribution in [3.05, 3.63) is 34.5 Å². The lowest BCUT2D eigenvalue weighted by atomic mass is 10.2. The maximum absolute atomic E-state index is 8.79. The summed E-state index contributed by atoms with van der Waals surface area (Å²) in [7, 11) is 0. The topological polar surface area (TPSA) is 74.7 Å².